The smallest absolute Gasteiger partial charge is 0.151 e. The number of hydrogen-bond acceptors (Lipinski definition) is 3. The van der Waals surface area contributed by atoms with E-state index >= 15 is 0 Å². The van der Waals surface area contributed by atoms with Crippen LogP contribution in [0.2, 0.25) is 0 Å². The molecule has 3 nitrogen and oxygen atoms in total. The molecule has 16 heavy (non-hydrogen) atoms. The van der Waals surface area contributed by atoms with Crippen LogP contribution in [0.25, 0.3) is 0 Å². The number of rotatable bonds is 2. The summed E-state index contributed by atoms with van der Waals surface area (Å²) < 4.78 is 5.61. The second-order valence-electron chi connectivity index (χ2n) is 3.73. The van der Waals surface area contributed by atoms with Crippen molar-refractivity contribution in [1.29, 1.82) is 5.41 Å². The number of nitrogens with one attached hydrogen (secondary N) is 1. The zero-order chi connectivity index (χ0) is 10.8. The summed E-state index contributed by atoms with van der Waals surface area (Å²) in [5.74, 6) is 1.76. The molecule has 1 heterocycles. The van der Waals surface area contributed by atoms with Crippen LogP contribution in [-0.2, 0) is 12.2 Å². The normalized spacial score (nSPS) is 17.2. The summed E-state index contributed by atoms with van der Waals surface area (Å²) in [6.45, 7) is 2.07. The van der Waals surface area contributed by atoms with Gasteiger partial charge in [0.2, 0.25) is 0 Å². The number of benzene rings is 1. The number of ether oxygens (including phenoxy) is 1. The summed E-state index contributed by atoms with van der Waals surface area (Å²) in [5, 5.41) is 7.31. The van der Waals surface area contributed by atoms with Gasteiger partial charge in [0.25, 0.3) is 0 Å². The Labute approximate surface area is 106 Å². The van der Waals surface area contributed by atoms with Crippen molar-refractivity contribution in [3.05, 3.63) is 29.3 Å². The molecule has 1 aromatic rings. The molecule has 1 atom stereocenters. The molecule has 5 heteroatoms. The van der Waals surface area contributed by atoms with E-state index in [2.05, 4.69) is 13.0 Å². The van der Waals surface area contributed by atoms with E-state index < -0.39 is 0 Å². The Morgan fingerprint density at radius 1 is 1.62 bits per heavy atom. The van der Waals surface area contributed by atoms with Crippen molar-refractivity contribution in [2.75, 3.05) is 0 Å². The standard InChI is InChI=1S/C11H14N2OS.ClH/c1-7-4-9-5-8(6-15-11(12)13)2-3-10(9)14-7;/h2-3,5,7H,4,6H2,1H3,(H3,12,13);1H. The Morgan fingerprint density at radius 3 is 3.06 bits per heavy atom. The molecule has 0 aliphatic carbocycles. The van der Waals surface area contributed by atoms with Gasteiger partial charge in [0, 0.05) is 12.2 Å². The number of hydrogen-bond donors (Lipinski definition) is 2. The van der Waals surface area contributed by atoms with E-state index in [9.17, 15) is 0 Å². The van der Waals surface area contributed by atoms with Crippen molar-refractivity contribution in [2.24, 2.45) is 5.73 Å². The van der Waals surface area contributed by atoms with E-state index in [0.29, 0.717) is 0 Å². The lowest BCUT2D eigenvalue weighted by molar-refractivity contribution is 0.254. The largest absolute Gasteiger partial charge is 0.490 e. The van der Waals surface area contributed by atoms with Gasteiger partial charge in [-0.3, -0.25) is 5.41 Å². The molecule has 1 aliphatic rings. The molecule has 3 N–H and O–H groups in total. The van der Waals surface area contributed by atoms with Gasteiger partial charge in [-0.2, -0.15) is 0 Å². The Bertz CT molecular complexity index is 398. The molecule has 0 saturated carbocycles. The van der Waals surface area contributed by atoms with Gasteiger partial charge >= 0.3 is 0 Å². The summed E-state index contributed by atoms with van der Waals surface area (Å²) in [6.07, 6.45) is 1.27. The summed E-state index contributed by atoms with van der Waals surface area (Å²) >= 11 is 1.35. The molecule has 0 fully saturated rings. The highest BCUT2D eigenvalue weighted by atomic mass is 35.5. The minimum atomic E-state index is 0. The van der Waals surface area contributed by atoms with Gasteiger partial charge in [0.15, 0.2) is 5.17 Å². The number of amidine groups is 1. The van der Waals surface area contributed by atoms with E-state index in [1.54, 1.807) is 0 Å². The zero-order valence-corrected chi connectivity index (χ0v) is 10.7. The van der Waals surface area contributed by atoms with E-state index in [1.165, 1.54) is 22.9 Å². The summed E-state index contributed by atoms with van der Waals surface area (Å²) in [5.41, 5.74) is 7.77. The Hall–Kier alpha value is -0.870. The van der Waals surface area contributed by atoms with Crippen molar-refractivity contribution < 1.29 is 4.74 Å². The van der Waals surface area contributed by atoms with Crippen LogP contribution in [0.1, 0.15) is 18.1 Å². The van der Waals surface area contributed by atoms with E-state index in [1.807, 2.05) is 12.1 Å². The number of halogens is 1. The topological polar surface area (TPSA) is 59.1 Å². The van der Waals surface area contributed by atoms with Crippen LogP contribution in [0, 0.1) is 5.41 Å². The molecular weight excluding hydrogens is 244 g/mol. The van der Waals surface area contributed by atoms with Crippen LogP contribution < -0.4 is 10.5 Å². The fourth-order valence-electron chi connectivity index (χ4n) is 1.73. The molecule has 2 rings (SSSR count). The van der Waals surface area contributed by atoms with E-state index in [-0.39, 0.29) is 23.7 Å². The van der Waals surface area contributed by atoms with Crippen molar-refractivity contribution in [3.8, 4) is 5.75 Å². The fourth-order valence-corrected chi connectivity index (χ4v) is 2.23. The van der Waals surface area contributed by atoms with Gasteiger partial charge in [-0.1, -0.05) is 23.9 Å². The summed E-state index contributed by atoms with van der Waals surface area (Å²) in [4.78, 5) is 0. The molecule has 88 valence electrons. The second kappa shape index (κ2) is 5.46. The summed E-state index contributed by atoms with van der Waals surface area (Å²) in [6, 6.07) is 6.19. The maximum Gasteiger partial charge on any atom is 0.151 e. The van der Waals surface area contributed by atoms with Gasteiger partial charge in [0.05, 0.1) is 0 Å². The van der Waals surface area contributed by atoms with Gasteiger partial charge in [-0.05, 0) is 24.1 Å². The predicted octanol–water partition coefficient (Wildman–Crippen LogP) is 2.56. The second-order valence-corrected chi connectivity index (χ2v) is 4.74. The van der Waals surface area contributed by atoms with Crippen LogP contribution in [0.3, 0.4) is 0 Å². The van der Waals surface area contributed by atoms with Crippen molar-refractivity contribution in [3.63, 3.8) is 0 Å². The first-order chi connectivity index (χ1) is 7.15. The highest BCUT2D eigenvalue weighted by molar-refractivity contribution is 8.13. The monoisotopic (exact) mass is 258 g/mol. The third kappa shape index (κ3) is 3.06. The average Bonchev–Trinajstić information content (AvgIpc) is 2.53. The van der Waals surface area contributed by atoms with Gasteiger partial charge in [-0.25, -0.2) is 0 Å². The molecule has 0 aromatic heterocycles. The molecule has 0 spiro atoms. The number of fused-ring (bicyclic) bond motifs is 1. The van der Waals surface area contributed by atoms with Crippen LogP contribution in [0.5, 0.6) is 5.75 Å². The van der Waals surface area contributed by atoms with Crippen molar-refractivity contribution in [1.82, 2.24) is 0 Å². The van der Waals surface area contributed by atoms with Crippen LogP contribution >= 0.6 is 24.2 Å². The lowest BCUT2D eigenvalue weighted by Crippen LogP contribution is -2.05. The van der Waals surface area contributed by atoms with E-state index in [4.69, 9.17) is 15.9 Å². The average molecular weight is 259 g/mol. The molecule has 0 radical (unpaired) electrons. The third-order valence-electron chi connectivity index (χ3n) is 2.35. The molecule has 1 unspecified atom stereocenters. The minimum Gasteiger partial charge on any atom is -0.490 e. The zero-order valence-electron chi connectivity index (χ0n) is 9.03. The first-order valence-electron chi connectivity index (χ1n) is 4.90. The van der Waals surface area contributed by atoms with Gasteiger partial charge in [0.1, 0.15) is 11.9 Å². The van der Waals surface area contributed by atoms with E-state index in [0.717, 1.165) is 17.9 Å². The number of nitrogens with two attached hydrogens (primary N) is 1. The Morgan fingerprint density at radius 2 is 2.38 bits per heavy atom. The highest BCUT2D eigenvalue weighted by Gasteiger charge is 2.18. The van der Waals surface area contributed by atoms with Crippen LogP contribution in [-0.4, -0.2) is 11.3 Å². The first-order valence-corrected chi connectivity index (χ1v) is 5.89. The lowest BCUT2D eigenvalue weighted by Gasteiger charge is -2.03. The minimum absolute atomic E-state index is 0. The lowest BCUT2D eigenvalue weighted by atomic mass is 10.1. The highest BCUT2D eigenvalue weighted by Crippen LogP contribution is 2.30. The Kier molecular flexibility index (Phi) is 4.50. The molecule has 0 saturated heterocycles. The molecular formula is C11H15ClN2OS. The number of thioether (sulfide) groups is 1. The summed E-state index contributed by atoms with van der Waals surface area (Å²) in [7, 11) is 0. The maximum atomic E-state index is 7.14. The Balaban J connectivity index is 0.00000128. The molecule has 0 bridgehead atoms. The third-order valence-corrected chi connectivity index (χ3v) is 3.14. The molecule has 1 aromatic carbocycles. The maximum absolute atomic E-state index is 7.14. The SMILES string of the molecule is CC1Cc2cc(CSC(=N)N)ccc2O1.Cl. The quantitative estimate of drug-likeness (QED) is 0.633. The van der Waals surface area contributed by atoms with Gasteiger partial charge in [-0.15, -0.1) is 12.4 Å². The fraction of sp³-hybridized carbons (Fsp3) is 0.364. The first kappa shape index (κ1) is 13.2. The van der Waals surface area contributed by atoms with Crippen LogP contribution in [0.15, 0.2) is 18.2 Å². The van der Waals surface area contributed by atoms with Crippen molar-refractivity contribution in [2.45, 2.75) is 25.2 Å². The molecule has 0 amide bonds. The molecule has 1 aliphatic heterocycles. The van der Waals surface area contributed by atoms with Gasteiger partial charge < -0.3 is 10.5 Å². The van der Waals surface area contributed by atoms with Crippen LogP contribution in [0.4, 0.5) is 0 Å². The predicted molar refractivity (Wildman–Crippen MR) is 70.7 cm³/mol. The van der Waals surface area contributed by atoms with Crippen molar-refractivity contribution >= 4 is 29.3 Å².